The molecule has 3 aliphatic rings. The first-order valence-corrected chi connectivity index (χ1v) is 26.9. The third-order valence-corrected chi connectivity index (χ3v) is 15.5. The van der Waals surface area contributed by atoms with E-state index in [1.54, 1.807) is 31.4 Å². The van der Waals surface area contributed by atoms with Crippen LogP contribution in [0.1, 0.15) is 104 Å². The Labute approximate surface area is 405 Å². The summed E-state index contributed by atoms with van der Waals surface area (Å²) in [6, 6.07) is 8.70. The molecular formula is C47H64N3O16S3+. The molecule has 2 amide bonds. The normalized spacial score (nSPS) is 20.9. The van der Waals surface area contributed by atoms with Crippen LogP contribution in [0.4, 0.5) is 11.4 Å². The maximum atomic E-state index is 12.6. The summed E-state index contributed by atoms with van der Waals surface area (Å²) in [5.41, 5.74) is 0.486. The predicted octanol–water partition coefficient (Wildman–Crippen LogP) is 6.01. The smallest absolute Gasteiger partial charge is 0.333 e. The molecule has 19 nitrogen and oxygen atoms in total. The topological polar surface area (TPSA) is 261 Å². The first kappa shape index (κ1) is 55.3. The van der Waals surface area contributed by atoms with Gasteiger partial charge in [-0.3, -0.25) is 23.2 Å². The first-order valence-electron chi connectivity index (χ1n) is 22.4. The minimum absolute atomic E-state index is 0.0168. The maximum absolute atomic E-state index is 12.6. The standard InChI is InChI=1S/C47H63N3O16S3/c1-44(2,24-28-65-45(3,4)23-21-43(53)66-50-41(51)19-20-42(50)52)49-38-18-16-34(69(60,61)62)32-36(38)47(6,25-27-63-7)40(49)14-11-9-10-13-39-46(5,22-12-30-67(54,55)56)35-31-33(68(57,58)59)15-17-37(35)48(39)26-29-64-8/h9-11,13-18,31-32H,12,19-30H2,1-8H3,(H2-,54,55,56,57,58,59,60,61,62)/p+1. The van der Waals surface area contributed by atoms with Crippen molar-refractivity contribution in [2.24, 2.45) is 0 Å². The van der Waals surface area contributed by atoms with Gasteiger partial charge in [0.1, 0.15) is 6.61 Å². The van der Waals surface area contributed by atoms with Crippen molar-refractivity contribution in [2.45, 2.75) is 125 Å². The molecule has 0 radical (unpaired) electrons. The van der Waals surface area contributed by atoms with Crippen LogP contribution in [0.15, 0.2) is 82.3 Å². The van der Waals surface area contributed by atoms with Gasteiger partial charge in [0.05, 0.1) is 33.0 Å². The quantitative estimate of drug-likeness (QED) is 0.0470. The Hall–Kier alpha value is -4.65. The van der Waals surface area contributed by atoms with Gasteiger partial charge in [0.25, 0.3) is 42.2 Å². The fraction of sp³-hybridized carbons (Fsp3) is 0.532. The molecule has 5 rings (SSSR count). The highest BCUT2D eigenvalue weighted by Gasteiger charge is 2.50. The van der Waals surface area contributed by atoms with Gasteiger partial charge in [0, 0.05) is 80.3 Å². The first-order chi connectivity index (χ1) is 32.0. The van der Waals surface area contributed by atoms with Crippen LogP contribution in [0.25, 0.3) is 0 Å². The minimum Gasteiger partial charge on any atom is -0.385 e. The Balaban J connectivity index is 1.50. The highest BCUT2D eigenvalue weighted by molar-refractivity contribution is 7.86. The van der Waals surface area contributed by atoms with Crippen LogP contribution in [0, 0.1) is 0 Å². The molecular weight excluding hydrogens is 959 g/mol. The molecule has 3 heterocycles. The predicted molar refractivity (Wildman–Crippen MR) is 255 cm³/mol. The van der Waals surface area contributed by atoms with E-state index < -0.39 is 75.9 Å². The van der Waals surface area contributed by atoms with Crippen molar-refractivity contribution in [1.82, 2.24) is 5.06 Å². The Morgan fingerprint density at radius 3 is 1.99 bits per heavy atom. The second-order valence-corrected chi connectivity index (χ2v) is 23.4. The van der Waals surface area contributed by atoms with E-state index in [-0.39, 0.29) is 68.1 Å². The molecule has 0 saturated carbocycles. The summed E-state index contributed by atoms with van der Waals surface area (Å²) in [6.07, 6.45) is 10.2. The molecule has 0 aromatic heterocycles. The van der Waals surface area contributed by atoms with Gasteiger partial charge in [-0.25, -0.2) is 4.79 Å². The van der Waals surface area contributed by atoms with E-state index in [1.165, 1.54) is 31.4 Å². The number of amides is 2. The largest absolute Gasteiger partial charge is 0.385 e. The zero-order chi connectivity index (χ0) is 51.4. The van der Waals surface area contributed by atoms with E-state index in [1.807, 2.05) is 64.3 Å². The molecule has 2 atom stereocenters. The highest BCUT2D eigenvalue weighted by Crippen LogP contribution is 2.54. The van der Waals surface area contributed by atoms with Crippen LogP contribution in [0.5, 0.6) is 0 Å². The number of ether oxygens (including phenoxy) is 3. The number of nitrogens with zero attached hydrogens (tertiary/aromatic N) is 3. The van der Waals surface area contributed by atoms with Gasteiger partial charge in [-0.1, -0.05) is 18.2 Å². The number of methoxy groups -OCH3 is 2. The fourth-order valence-corrected chi connectivity index (χ4v) is 10.6. The lowest BCUT2D eigenvalue weighted by Gasteiger charge is -2.42. The molecule has 2 aromatic rings. The molecule has 0 spiro atoms. The van der Waals surface area contributed by atoms with Gasteiger partial charge in [-0.2, -0.15) is 29.8 Å². The van der Waals surface area contributed by atoms with E-state index in [0.717, 1.165) is 5.70 Å². The summed E-state index contributed by atoms with van der Waals surface area (Å²) in [7, 11) is -10.4. The Morgan fingerprint density at radius 2 is 1.39 bits per heavy atom. The number of benzene rings is 2. The van der Waals surface area contributed by atoms with Gasteiger partial charge in [-0.15, -0.1) is 5.06 Å². The van der Waals surface area contributed by atoms with Crippen molar-refractivity contribution in [1.29, 1.82) is 0 Å². The average Bonchev–Trinajstić information content (AvgIpc) is 3.79. The number of imide groups is 1. The van der Waals surface area contributed by atoms with Gasteiger partial charge >= 0.3 is 5.97 Å². The second-order valence-electron chi connectivity index (χ2n) is 19.0. The van der Waals surface area contributed by atoms with E-state index in [0.29, 0.717) is 52.7 Å². The number of rotatable bonds is 24. The van der Waals surface area contributed by atoms with Gasteiger partial charge in [0.15, 0.2) is 12.3 Å². The highest BCUT2D eigenvalue weighted by atomic mass is 32.2. The zero-order valence-corrected chi connectivity index (χ0v) is 42.7. The Bertz CT molecular complexity index is 2760. The summed E-state index contributed by atoms with van der Waals surface area (Å²) in [5, 5.41) is 0.510. The summed E-state index contributed by atoms with van der Waals surface area (Å²) < 4.78 is 122. The summed E-state index contributed by atoms with van der Waals surface area (Å²) >= 11 is 0. The van der Waals surface area contributed by atoms with Crippen LogP contribution in [0.2, 0.25) is 0 Å². The number of hydrogen-bond acceptors (Lipinski definition) is 14. The molecule has 2 aromatic carbocycles. The summed E-state index contributed by atoms with van der Waals surface area (Å²) in [5.74, 6) is -2.41. The average molecular weight is 1020 g/mol. The van der Waals surface area contributed by atoms with E-state index in [4.69, 9.17) is 19.0 Å². The molecule has 0 aliphatic carbocycles. The van der Waals surface area contributed by atoms with E-state index in [9.17, 15) is 53.3 Å². The van der Waals surface area contributed by atoms with Gasteiger partial charge in [-0.05, 0) is 116 Å². The van der Waals surface area contributed by atoms with Crippen molar-refractivity contribution < 1.29 is 76.9 Å². The lowest BCUT2D eigenvalue weighted by molar-refractivity contribution is -0.441. The molecule has 1 saturated heterocycles. The Morgan fingerprint density at radius 1 is 0.783 bits per heavy atom. The SMILES string of the molecule is COCC[N+]1=C(C=CC=CC=C2N(C(C)(C)CCOC(C)(C)CCC(=O)ON3C(=O)CCC3=O)c3ccc(S(=O)(=O)O)cc3C2(C)CCOC)C(C)(CCCS(=O)(=O)O)c2cc(S(=O)(=O)O)ccc21. The van der Waals surface area contributed by atoms with Crippen molar-refractivity contribution in [2.75, 3.05) is 51.2 Å². The number of carbonyl (C=O) groups is 3. The van der Waals surface area contributed by atoms with Crippen LogP contribution in [-0.4, -0.2) is 130 Å². The van der Waals surface area contributed by atoms with Gasteiger partial charge in [0.2, 0.25) is 5.69 Å². The minimum atomic E-state index is -4.61. The third kappa shape index (κ3) is 13.0. The van der Waals surface area contributed by atoms with Crippen molar-refractivity contribution in [3.8, 4) is 0 Å². The molecule has 3 aliphatic heterocycles. The van der Waals surface area contributed by atoms with E-state index >= 15 is 0 Å². The molecule has 22 heteroatoms. The number of anilines is 1. The monoisotopic (exact) mass is 1020 g/mol. The molecule has 1 fully saturated rings. The van der Waals surface area contributed by atoms with Crippen LogP contribution < -0.4 is 4.90 Å². The molecule has 380 valence electrons. The molecule has 3 N–H and O–H groups in total. The fourth-order valence-electron chi connectivity index (χ4n) is 9.12. The lowest BCUT2D eigenvalue weighted by Crippen LogP contribution is -2.45. The van der Waals surface area contributed by atoms with Crippen LogP contribution >= 0.6 is 0 Å². The summed E-state index contributed by atoms with van der Waals surface area (Å²) in [6.45, 7) is 12.5. The second kappa shape index (κ2) is 21.4. The number of fused-ring (bicyclic) bond motifs is 2. The zero-order valence-electron chi connectivity index (χ0n) is 40.3. The third-order valence-electron chi connectivity index (χ3n) is 13.0. The summed E-state index contributed by atoms with van der Waals surface area (Å²) in [4.78, 5) is 43.0. The van der Waals surface area contributed by atoms with Crippen molar-refractivity contribution in [3.05, 3.63) is 83.6 Å². The van der Waals surface area contributed by atoms with Crippen LogP contribution in [-0.2, 0) is 74.6 Å². The van der Waals surface area contributed by atoms with E-state index in [2.05, 4.69) is 4.90 Å². The van der Waals surface area contributed by atoms with Crippen molar-refractivity contribution in [3.63, 3.8) is 0 Å². The Kier molecular flexibility index (Phi) is 17.1. The number of hydroxylamine groups is 2. The lowest BCUT2D eigenvalue weighted by atomic mass is 9.76. The molecule has 0 bridgehead atoms. The number of hydrogen-bond donors (Lipinski definition) is 3. The number of allylic oxidation sites excluding steroid dienone is 6. The van der Waals surface area contributed by atoms with Gasteiger partial charge < -0.3 is 23.9 Å². The van der Waals surface area contributed by atoms with Crippen molar-refractivity contribution >= 4 is 65.2 Å². The number of carbonyl (C=O) groups excluding carboxylic acids is 3. The van der Waals surface area contributed by atoms with Crippen LogP contribution in [0.3, 0.4) is 0 Å². The molecule has 69 heavy (non-hydrogen) atoms. The molecule has 2 unspecified atom stereocenters. The maximum Gasteiger partial charge on any atom is 0.333 e.